The summed E-state index contributed by atoms with van der Waals surface area (Å²) in [6.45, 7) is 0. The first kappa shape index (κ1) is 9.55. The Bertz CT molecular complexity index is 164. The van der Waals surface area contributed by atoms with E-state index in [1.807, 2.05) is 0 Å². The molecule has 4 heteroatoms. The van der Waals surface area contributed by atoms with Crippen molar-refractivity contribution in [3.8, 4) is 0 Å². The topological polar surface area (TPSA) is 17.1 Å². The molecule has 12 heavy (non-hydrogen) atoms. The summed E-state index contributed by atoms with van der Waals surface area (Å²) in [7, 11) is 0. The zero-order valence-corrected chi connectivity index (χ0v) is 6.60. The molecule has 0 spiro atoms. The van der Waals surface area contributed by atoms with Gasteiger partial charge in [0.2, 0.25) is 0 Å². The van der Waals surface area contributed by atoms with Crippen LogP contribution < -0.4 is 0 Å². The van der Waals surface area contributed by atoms with Gasteiger partial charge in [0.25, 0.3) is 0 Å². The van der Waals surface area contributed by atoms with E-state index in [-0.39, 0.29) is 18.8 Å². The van der Waals surface area contributed by atoms with Crippen molar-refractivity contribution in [2.45, 2.75) is 31.9 Å². The second kappa shape index (κ2) is 3.46. The molecule has 1 fully saturated rings. The van der Waals surface area contributed by atoms with Crippen LogP contribution in [0.4, 0.5) is 13.2 Å². The molecule has 70 valence electrons. The Hall–Kier alpha value is -0.540. The van der Waals surface area contributed by atoms with Gasteiger partial charge >= 0.3 is 6.18 Å². The zero-order valence-electron chi connectivity index (χ0n) is 6.60. The minimum absolute atomic E-state index is 0.00694. The van der Waals surface area contributed by atoms with Crippen LogP contribution in [0.25, 0.3) is 0 Å². The first-order valence-electron chi connectivity index (χ1n) is 4.06. The van der Waals surface area contributed by atoms with Gasteiger partial charge in [-0.05, 0) is 19.3 Å². The quantitative estimate of drug-likeness (QED) is 0.567. The van der Waals surface area contributed by atoms with E-state index >= 15 is 0 Å². The zero-order chi connectivity index (χ0) is 9.19. The summed E-state index contributed by atoms with van der Waals surface area (Å²) in [5, 5.41) is 0. The van der Waals surface area contributed by atoms with Gasteiger partial charge in [-0.15, -0.1) is 0 Å². The van der Waals surface area contributed by atoms with Crippen molar-refractivity contribution < 1.29 is 18.0 Å². The maximum atomic E-state index is 12.1. The number of hydrogen-bond acceptors (Lipinski definition) is 1. The summed E-state index contributed by atoms with van der Waals surface area (Å²) in [6.07, 6.45) is -2.13. The van der Waals surface area contributed by atoms with Crippen molar-refractivity contribution in [1.29, 1.82) is 0 Å². The number of halogens is 3. The van der Waals surface area contributed by atoms with Gasteiger partial charge in [0.1, 0.15) is 6.29 Å². The van der Waals surface area contributed by atoms with E-state index in [4.69, 9.17) is 0 Å². The van der Waals surface area contributed by atoms with Crippen LogP contribution in [0.2, 0.25) is 0 Å². The number of hydrogen-bond donors (Lipinski definition) is 0. The molecule has 0 aliphatic heterocycles. The van der Waals surface area contributed by atoms with E-state index in [1.165, 1.54) is 0 Å². The van der Waals surface area contributed by atoms with Crippen molar-refractivity contribution >= 4 is 6.29 Å². The minimum Gasteiger partial charge on any atom is -0.303 e. The summed E-state index contributed by atoms with van der Waals surface area (Å²) < 4.78 is 36.4. The molecule has 1 rings (SSSR count). The van der Waals surface area contributed by atoms with E-state index in [1.54, 1.807) is 0 Å². The molecule has 0 amide bonds. The van der Waals surface area contributed by atoms with Crippen molar-refractivity contribution in [3.05, 3.63) is 0 Å². The average molecular weight is 180 g/mol. The van der Waals surface area contributed by atoms with Crippen LogP contribution in [0.1, 0.15) is 25.7 Å². The predicted octanol–water partition coefficient (Wildman–Crippen LogP) is 2.55. The third-order valence-electron chi connectivity index (χ3n) is 2.37. The lowest BCUT2D eigenvalue weighted by molar-refractivity contribution is -0.185. The van der Waals surface area contributed by atoms with Crippen molar-refractivity contribution in [2.75, 3.05) is 0 Å². The monoisotopic (exact) mass is 180 g/mol. The van der Waals surface area contributed by atoms with Gasteiger partial charge in [0.05, 0.1) is 5.92 Å². The Balaban J connectivity index is 2.51. The highest BCUT2D eigenvalue weighted by Gasteiger charge is 2.41. The van der Waals surface area contributed by atoms with Gasteiger partial charge in [0, 0.05) is 5.92 Å². The van der Waals surface area contributed by atoms with Gasteiger partial charge < -0.3 is 4.79 Å². The third-order valence-corrected chi connectivity index (χ3v) is 2.37. The molecule has 0 saturated heterocycles. The van der Waals surface area contributed by atoms with E-state index in [2.05, 4.69) is 0 Å². The molecule has 0 bridgehead atoms. The standard InChI is InChI=1S/C8H11F3O/c9-8(10,11)7-3-1-2-6(4-7)5-12/h5-7H,1-4H2/t6-,7+/m1/s1. The fraction of sp³-hybridized carbons (Fsp3) is 0.875. The maximum Gasteiger partial charge on any atom is 0.391 e. The summed E-state index contributed by atoms with van der Waals surface area (Å²) in [6, 6.07) is 0. The molecule has 2 atom stereocenters. The molecule has 0 aromatic carbocycles. The van der Waals surface area contributed by atoms with Gasteiger partial charge in [-0.1, -0.05) is 6.42 Å². The van der Waals surface area contributed by atoms with Gasteiger partial charge in [0.15, 0.2) is 0 Å². The van der Waals surface area contributed by atoms with Crippen LogP contribution >= 0.6 is 0 Å². The van der Waals surface area contributed by atoms with E-state index in [0.717, 1.165) is 0 Å². The number of rotatable bonds is 1. The second-order valence-corrected chi connectivity index (χ2v) is 3.30. The molecule has 0 unspecified atom stereocenters. The summed E-state index contributed by atoms with van der Waals surface area (Å²) in [4.78, 5) is 10.3. The highest BCUT2D eigenvalue weighted by atomic mass is 19.4. The predicted molar refractivity (Wildman–Crippen MR) is 37.6 cm³/mol. The van der Waals surface area contributed by atoms with Crippen molar-refractivity contribution in [1.82, 2.24) is 0 Å². The molecule has 1 nitrogen and oxygen atoms in total. The summed E-state index contributed by atoms with van der Waals surface area (Å²) >= 11 is 0. The Morgan fingerprint density at radius 2 is 1.92 bits per heavy atom. The van der Waals surface area contributed by atoms with E-state index in [0.29, 0.717) is 19.1 Å². The first-order valence-corrected chi connectivity index (χ1v) is 4.06. The summed E-state index contributed by atoms with van der Waals surface area (Å²) in [5.74, 6) is -1.62. The number of carbonyl (C=O) groups excluding carboxylic acids is 1. The molecule has 0 heterocycles. The largest absolute Gasteiger partial charge is 0.391 e. The SMILES string of the molecule is O=C[C@@H]1CCC[C@H](C(F)(F)F)C1. The number of alkyl halides is 3. The molecule has 1 aliphatic carbocycles. The molecular weight excluding hydrogens is 169 g/mol. The average Bonchev–Trinajstić information content (AvgIpc) is 2.03. The maximum absolute atomic E-state index is 12.1. The lowest BCUT2D eigenvalue weighted by Gasteiger charge is -2.27. The van der Waals surface area contributed by atoms with Crippen LogP contribution in [0.3, 0.4) is 0 Å². The van der Waals surface area contributed by atoms with E-state index < -0.39 is 12.1 Å². The summed E-state index contributed by atoms with van der Waals surface area (Å²) in [5.41, 5.74) is 0. The molecule has 1 saturated carbocycles. The normalized spacial score (nSPS) is 31.6. The number of aldehydes is 1. The molecule has 0 aromatic rings. The van der Waals surface area contributed by atoms with Crippen LogP contribution in [0.15, 0.2) is 0 Å². The number of carbonyl (C=O) groups is 1. The van der Waals surface area contributed by atoms with Gasteiger partial charge in [-0.3, -0.25) is 0 Å². The minimum atomic E-state index is -4.11. The molecule has 1 aliphatic rings. The molecule has 0 aromatic heterocycles. The van der Waals surface area contributed by atoms with Gasteiger partial charge in [-0.2, -0.15) is 13.2 Å². The molecule has 0 radical (unpaired) electrons. The van der Waals surface area contributed by atoms with E-state index in [9.17, 15) is 18.0 Å². The lowest BCUT2D eigenvalue weighted by Crippen LogP contribution is -2.29. The second-order valence-electron chi connectivity index (χ2n) is 3.30. The highest BCUT2D eigenvalue weighted by molar-refractivity contribution is 5.53. The fourth-order valence-electron chi connectivity index (χ4n) is 1.65. The highest BCUT2D eigenvalue weighted by Crippen LogP contribution is 2.39. The van der Waals surface area contributed by atoms with Gasteiger partial charge in [-0.25, -0.2) is 0 Å². The Morgan fingerprint density at radius 3 is 2.42 bits per heavy atom. The molecular formula is C8H11F3O. The Morgan fingerprint density at radius 1 is 1.25 bits per heavy atom. The lowest BCUT2D eigenvalue weighted by atomic mass is 9.82. The Labute approximate surface area is 68.9 Å². The van der Waals surface area contributed by atoms with Crippen LogP contribution in [0.5, 0.6) is 0 Å². The Kier molecular flexibility index (Phi) is 2.75. The fourth-order valence-corrected chi connectivity index (χ4v) is 1.65. The smallest absolute Gasteiger partial charge is 0.303 e. The first-order chi connectivity index (χ1) is 5.54. The van der Waals surface area contributed by atoms with Crippen LogP contribution in [0, 0.1) is 11.8 Å². The van der Waals surface area contributed by atoms with Crippen LogP contribution in [-0.2, 0) is 4.79 Å². The van der Waals surface area contributed by atoms with Crippen molar-refractivity contribution in [3.63, 3.8) is 0 Å². The third kappa shape index (κ3) is 2.22. The van der Waals surface area contributed by atoms with Crippen LogP contribution in [-0.4, -0.2) is 12.5 Å². The molecule has 0 N–H and O–H groups in total. The van der Waals surface area contributed by atoms with Crippen molar-refractivity contribution in [2.24, 2.45) is 11.8 Å².